The van der Waals surface area contributed by atoms with E-state index in [2.05, 4.69) is 137 Å². The third-order valence-corrected chi connectivity index (χ3v) is 17.6. The Morgan fingerprint density at radius 2 is 0.551 bits per heavy atom. The summed E-state index contributed by atoms with van der Waals surface area (Å²) in [6.45, 7) is 4.58. The van der Waals surface area contributed by atoms with Gasteiger partial charge in [0.15, 0.2) is 12.2 Å². The van der Waals surface area contributed by atoms with Crippen LogP contribution in [0.5, 0.6) is 0 Å². The molecule has 0 aromatic heterocycles. The second-order valence-electron chi connectivity index (χ2n) is 25.2. The maximum atomic E-state index is 13.1. The van der Waals surface area contributed by atoms with Crippen molar-refractivity contribution in [3.8, 4) is 0 Å². The monoisotopic (exact) mass is 1420 g/mol. The van der Waals surface area contributed by atoms with Gasteiger partial charge in [-0.3, -0.25) is 37.3 Å². The van der Waals surface area contributed by atoms with Crippen molar-refractivity contribution in [3.63, 3.8) is 0 Å². The summed E-state index contributed by atoms with van der Waals surface area (Å²) in [5, 5.41) is 10.6. The molecule has 5 atom stereocenters. The van der Waals surface area contributed by atoms with E-state index in [-0.39, 0.29) is 25.7 Å². The first-order valence-corrected chi connectivity index (χ1v) is 41.1. The summed E-state index contributed by atoms with van der Waals surface area (Å²) < 4.78 is 68.4. The molecule has 3 N–H and O–H groups in total. The van der Waals surface area contributed by atoms with Crippen LogP contribution in [-0.4, -0.2) is 96.7 Å². The summed E-state index contributed by atoms with van der Waals surface area (Å²) in [6, 6.07) is 0. The van der Waals surface area contributed by atoms with Crippen LogP contribution in [0.1, 0.15) is 310 Å². The van der Waals surface area contributed by atoms with Crippen molar-refractivity contribution < 1.29 is 80.2 Å². The first-order chi connectivity index (χ1) is 47.7. The molecule has 0 spiro atoms. The highest BCUT2D eigenvalue weighted by Gasteiger charge is 2.30. The van der Waals surface area contributed by atoms with E-state index in [1.165, 1.54) is 38.5 Å². The summed E-state index contributed by atoms with van der Waals surface area (Å²) in [5.41, 5.74) is 0. The quantitative estimate of drug-likeness (QED) is 0.0169. The van der Waals surface area contributed by atoms with E-state index in [1.807, 2.05) is 0 Å². The fraction of sp³-hybridized carbons (Fsp3) is 0.722. The molecule has 19 heteroatoms. The van der Waals surface area contributed by atoms with Gasteiger partial charge in [-0.25, -0.2) is 9.13 Å². The average Bonchev–Trinajstić information content (AvgIpc) is 1.04. The zero-order chi connectivity index (χ0) is 71.8. The van der Waals surface area contributed by atoms with Crippen molar-refractivity contribution in [1.29, 1.82) is 0 Å². The van der Waals surface area contributed by atoms with Crippen LogP contribution in [0, 0.1) is 0 Å². The molecule has 0 bridgehead atoms. The van der Waals surface area contributed by atoms with Gasteiger partial charge in [0.05, 0.1) is 26.4 Å². The van der Waals surface area contributed by atoms with Gasteiger partial charge in [-0.2, -0.15) is 0 Å². The minimum absolute atomic E-state index is 0.0734. The van der Waals surface area contributed by atoms with Gasteiger partial charge >= 0.3 is 39.5 Å². The van der Waals surface area contributed by atoms with E-state index in [4.69, 9.17) is 37.0 Å². The topological polar surface area (TPSA) is 237 Å². The normalized spacial score (nSPS) is 14.6. The highest BCUT2D eigenvalue weighted by molar-refractivity contribution is 7.47. The number of phosphoric ester groups is 2. The lowest BCUT2D eigenvalue weighted by Crippen LogP contribution is -2.30. The number of hydrogen-bond donors (Lipinski definition) is 3. The fourth-order valence-corrected chi connectivity index (χ4v) is 11.4. The molecule has 564 valence electrons. The lowest BCUT2D eigenvalue weighted by molar-refractivity contribution is -0.161. The maximum Gasteiger partial charge on any atom is 0.472 e. The maximum absolute atomic E-state index is 13.1. The Kier molecular flexibility index (Phi) is 68.0. The van der Waals surface area contributed by atoms with E-state index in [0.29, 0.717) is 25.7 Å². The van der Waals surface area contributed by atoms with Gasteiger partial charge in [0.2, 0.25) is 0 Å². The molecule has 0 saturated heterocycles. The lowest BCUT2D eigenvalue weighted by Gasteiger charge is -2.21. The number of aliphatic hydroxyl groups is 1. The standard InChI is InChI=1S/C79H136O17P2/c1-5-9-13-17-21-25-29-33-36-40-43-47-51-55-59-63-76(81)89-69-74(95-78(83)65-61-57-53-49-45-39-32-28-24-20-16-12-8-4)71-93-97(85,86)91-67-73(80)68-92-98(87,88)94-72-75(96-79(84)66-62-58-54-50-46-42-38-35-31-27-23-19-15-11-7-3)70-90-77(82)64-60-56-52-48-44-41-37-34-30-26-22-18-14-10-6-2/h10,14,16,20-23,25-28,32-38,73-75,80H,5-9,11-13,15,17-19,24,29-31,39-72H2,1-4H3,(H,85,86)(H,87,88)/b14-10-,20-16-,25-21-,26-22-,27-23-,32-28-,36-33-,37-34-,38-35-. The van der Waals surface area contributed by atoms with E-state index in [9.17, 15) is 43.2 Å². The number of carbonyl (C=O) groups excluding carboxylic acids is 4. The Balaban J connectivity index is 5.39. The molecular formula is C79H136O17P2. The second kappa shape index (κ2) is 71.1. The molecular weight excluding hydrogens is 1280 g/mol. The van der Waals surface area contributed by atoms with Gasteiger partial charge in [-0.1, -0.05) is 246 Å². The molecule has 0 aromatic carbocycles. The van der Waals surface area contributed by atoms with Crippen LogP contribution < -0.4 is 0 Å². The molecule has 5 unspecified atom stereocenters. The zero-order valence-corrected chi connectivity index (χ0v) is 63.2. The summed E-state index contributed by atoms with van der Waals surface area (Å²) in [5.74, 6) is -2.23. The van der Waals surface area contributed by atoms with Crippen molar-refractivity contribution >= 4 is 39.5 Å². The number of rotatable bonds is 71. The second-order valence-corrected chi connectivity index (χ2v) is 28.1. The molecule has 0 amide bonds. The van der Waals surface area contributed by atoms with Crippen LogP contribution >= 0.6 is 15.6 Å². The molecule has 0 aliphatic carbocycles. The molecule has 0 aromatic rings. The van der Waals surface area contributed by atoms with E-state index >= 15 is 0 Å². The average molecular weight is 1420 g/mol. The van der Waals surface area contributed by atoms with E-state index in [1.54, 1.807) is 0 Å². The van der Waals surface area contributed by atoms with Gasteiger partial charge in [0.1, 0.15) is 19.3 Å². The van der Waals surface area contributed by atoms with Crippen LogP contribution in [0.4, 0.5) is 0 Å². The van der Waals surface area contributed by atoms with Crippen molar-refractivity contribution in [2.75, 3.05) is 39.6 Å². The highest BCUT2D eigenvalue weighted by atomic mass is 31.2. The van der Waals surface area contributed by atoms with Crippen molar-refractivity contribution in [2.45, 2.75) is 329 Å². The van der Waals surface area contributed by atoms with Crippen LogP contribution in [0.3, 0.4) is 0 Å². The van der Waals surface area contributed by atoms with Gasteiger partial charge in [0.25, 0.3) is 0 Å². The minimum atomic E-state index is -4.98. The first-order valence-electron chi connectivity index (χ1n) is 38.1. The molecule has 17 nitrogen and oxygen atoms in total. The number of ether oxygens (including phenoxy) is 4. The smallest absolute Gasteiger partial charge is 0.462 e. The predicted molar refractivity (Wildman–Crippen MR) is 399 cm³/mol. The van der Waals surface area contributed by atoms with Crippen LogP contribution in [-0.2, 0) is 65.4 Å². The number of hydrogen-bond acceptors (Lipinski definition) is 15. The molecule has 98 heavy (non-hydrogen) atoms. The Morgan fingerprint density at radius 3 is 0.857 bits per heavy atom. The number of unbranched alkanes of at least 4 members (excludes halogenated alkanes) is 27. The molecule has 0 aliphatic rings. The van der Waals surface area contributed by atoms with Gasteiger partial charge in [0, 0.05) is 25.7 Å². The summed E-state index contributed by atoms with van der Waals surface area (Å²) in [4.78, 5) is 72.8. The van der Waals surface area contributed by atoms with Gasteiger partial charge in [-0.05, 0) is 148 Å². The van der Waals surface area contributed by atoms with Crippen LogP contribution in [0.25, 0.3) is 0 Å². The van der Waals surface area contributed by atoms with Crippen LogP contribution in [0.2, 0.25) is 0 Å². The minimum Gasteiger partial charge on any atom is -0.462 e. The highest BCUT2D eigenvalue weighted by Crippen LogP contribution is 2.45. The van der Waals surface area contributed by atoms with E-state index in [0.717, 1.165) is 193 Å². The number of phosphoric acid groups is 2. The molecule has 0 saturated carbocycles. The number of esters is 4. The third kappa shape index (κ3) is 70.2. The van der Waals surface area contributed by atoms with Crippen molar-refractivity contribution in [1.82, 2.24) is 0 Å². The number of allylic oxidation sites excluding steroid dienone is 18. The zero-order valence-electron chi connectivity index (χ0n) is 61.4. The molecule has 0 radical (unpaired) electrons. The summed E-state index contributed by atoms with van der Waals surface area (Å²) in [6.07, 6.45) is 75.0. The Morgan fingerprint density at radius 1 is 0.296 bits per heavy atom. The van der Waals surface area contributed by atoms with Crippen molar-refractivity contribution in [3.05, 3.63) is 109 Å². The van der Waals surface area contributed by atoms with E-state index < -0.39 is 97.5 Å². The Bertz CT molecular complexity index is 2290. The molecule has 0 rings (SSSR count). The first kappa shape index (κ1) is 93.7. The van der Waals surface area contributed by atoms with Crippen molar-refractivity contribution in [2.24, 2.45) is 0 Å². The molecule has 0 heterocycles. The molecule has 0 aliphatic heterocycles. The number of carbonyl (C=O) groups is 4. The van der Waals surface area contributed by atoms with Gasteiger partial charge in [-0.15, -0.1) is 0 Å². The predicted octanol–water partition coefficient (Wildman–Crippen LogP) is 21.8. The lowest BCUT2D eigenvalue weighted by atomic mass is 10.1. The Hall–Kier alpha value is -4.28. The summed E-state index contributed by atoms with van der Waals surface area (Å²) in [7, 11) is -9.96. The third-order valence-electron chi connectivity index (χ3n) is 15.7. The fourth-order valence-electron chi connectivity index (χ4n) is 9.86. The van der Waals surface area contributed by atoms with Crippen LogP contribution in [0.15, 0.2) is 109 Å². The molecule has 0 fully saturated rings. The van der Waals surface area contributed by atoms with Gasteiger partial charge < -0.3 is 33.8 Å². The SMILES string of the molecule is CC/C=C\C/C=C\C/C=C\CCCCCCCC(=O)OCC(COP(=O)(O)OCC(O)COP(=O)(O)OCC(COC(=O)CCCCCCC/C=C\C/C=C\CCCCC)OC(=O)CCCCCCC/C=C\C/C=C\CCC)OC(=O)CCCCCCC/C=C\C/C=C\CCCCC. The largest absolute Gasteiger partial charge is 0.472 e. The number of aliphatic hydroxyl groups excluding tert-OH is 1. The Labute approximate surface area is 594 Å². The summed E-state index contributed by atoms with van der Waals surface area (Å²) >= 11 is 0.